The van der Waals surface area contributed by atoms with Gasteiger partial charge in [-0.3, -0.25) is 9.69 Å². The lowest BCUT2D eigenvalue weighted by molar-refractivity contribution is -0.151. The number of carbonyl (C=O) groups is 2. The summed E-state index contributed by atoms with van der Waals surface area (Å²) in [6, 6.07) is 20.6. The van der Waals surface area contributed by atoms with Gasteiger partial charge in [-0.2, -0.15) is 0 Å². The number of hydrogen-bond donors (Lipinski definition) is 1. The number of carbonyl (C=O) groups excluding carboxylic acids is 2. The molecular weight excluding hydrogens is 496 g/mol. The summed E-state index contributed by atoms with van der Waals surface area (Å²) in [6.07, 6.45) is 0. The maximum atomic E-state index is 13.3. The number of nitrogens with zero attached hydrogens (tertiary/aromatic N) is 1. The zero-order valence-electron chi connectivity index (χ0n) is 19.3. The van der Waals surface area contributed by atoms with Crippen LogP contribution >= 0.6 is 23.5 Å². The van der Waals surface area contributed by atoms with E-state index in [0.717, 1.165) is 43.1 Å². The Bertz CT molecular complexity index is 1530. The average molecular weight is 519 g/mol. The fraction of sp³-hybridized carbons (Fsp3) is 0.185. The summed E-state index contributed by atoms with van der Waals surface area (Å²) in [5, 5.41) is 1.83. The van der Waals surface area contributed by atoms with Gasteiger partial charge in [0, 0.05) is 26.3 Å². The number of ether oxygens (including phenoxy) is 2. The van der Waals surface area contributed by atoms with Crippen molar-refractivity contribution in [3.63, 3.8) is 0 Å². The topological polar surface area (TPSA) is 95.0 Å². The van der Waals surface area contributed by atoms with Gasteiger partial charge in [0.2, 0.25) is 5.91 Å². The molecule has 36 heavy (non-hydrogen) atoms. The van der Waals surface area contributed by atoms with Gasteiger partial charge in [-0.15, -0.1) is 11.8 Å². The van der Waals surface area contributed by atoms with Crippen molar-refractivity contribution in [2.45, 2.75) is 22.9 Å². The van der Waals surface area contributed by atoms with Crippen molar-refractivity contribution in [1.29, 1.82) is 0 Å². The highest BCUT2D eigenvalue weighted by Crippen LogP contribution is 2.45. The quantitative estimate of drug-likeness (QED) is 0.285. The van der Waals surface area contributed by atoms with E-state index in [2.05, 4.69) is 0 Å². The molecule has 0 aliphatic carbocycles. The van der Waals surface area contributed by atoms with Crippen molar-refractivity contribution >= 4 is 57.3 Å². The van der Waals surface area contributed by atoms with Gasteiger partial charge >= 0.3 is 5.97 Å². The molecule has 2 N–H and O–H groups in total. The summed E-state index contributed by atoms with van der Waals surface area (Å²) in [7, 11) is 1.60. The van der Waals surface area contributed by atoms with Gasteiger partial charge < -0.3 is 19.6 Å². The highest BCUT2D eigenvalue weighted by Gasteiger charge is 2.52. The number of hydrogen-bond acceptors (Lipinski definition) is 8. The Kier molecular flexibility index (Phi) is 5.91. The summed E-state index contributed by atoms with van der Waals surface area (Å²) in [5.41, 5.74) is 8.70. The average Bonchev–Trinajstić information content (AvgIpc) is 3.29. The molecule has 1 aromatic heterocycles. The third-order valence-corrected chi connectivity index (χ3v) is 8.85. The van der Waals surface area contributed by atoms with Crippen LogP contribution in [0.5, 0.6) is 5.75 Å². The van der Waals surface area contributed by atoms with E-state index in [1.54, 1.807) is 18.9 Å². The molecule has 9 heteroatoms. The molecule has 0 unspecified atom stereocenters. The zero-order chi connectivity index (χ0) is 24.8. The smallest absolute Gasteiger partial charge is 0.356 e. The molecule has 0 spiro atoms. The number of benzene rings is 3. The Morgan fingerprint density at radius 1 is 1.11 bits per heavy atom. The van der Waals surface area contributed by atoms with Crippen molar-refractivity contribution in [2.24, 2.45) is 5.73 Å². The molecule has 3 heterocycles. The maximum absolute atomic E-state index is 13.3. The molecule has 1 fully saturated rings. The molecule has 7 nitrogen and oxygen atoms in total. The van der Waals surface area contributed by atoms with Crippen LogP contribution in [0.3, 0.4) is 0 Å². The van der Waals surface area contributed by atoms with Gasteiger partial charge in [0.1, 0.15) is 40.6 Å². The van der Waals surface area contributed by atoms with Gasteiger partial charge in [-0.1, -0.05) is 42.1 Å². The molecule has 6 rings (SSSR count). The van der Waals surface area contributed by atoms with Gasteiger partial charge in [0.25, 0.3) is 0 Å². The van der Waals surface area contributed by atoms with Crippen LogP contribution in [0.25, 0.3) is 21.9 Å². The van der Waals surface area contributed by atoms with Crippen LogP contribution in [0.15, 0.2) is 86.6 Å². The highest BCUT2D eigenvalue weighted by molar-refractivity contribution is 8.06. The maximum Gasteiger partial charge on any atom is 0.356 e. The van der Waals surface area contributed by atoms with Crippen LogP contribution in [0, 0.1) is 0 Å². The minimum atomic E-state index is -0.613. The summed E-state index contributed by atoms with van der Waals surface area (Å²) in [6.45, 7) is 0.0844. The second-order valence-corrected chi connectivity index (χ2v) is 10.8. The lowest BCUT2D eigenvalue weighted by atomic mass is 10.1. The highest BCUT2D eigenvalue weighted by atomic mass is 32.2. The number of thioether (sulfide) groups is 2. The first-order valence-corrected chi connectivity index (χ1v) is 13.2. The fourth-order valence-corrected chi connectivity index (χ4v) is 6.85. The first-order valence-electron chi connectivity index (χ1n) is 11.4. The molecule has 2 atom stereocenters. The third kappa shape index (κ3) is 3.93. The number of esters is 1. The van der Waals surface area contributed by atoms with Gasteiger partial charge in [-0.25, -0.2) is 4.79 Å². The number of fused-ring (bicyclic) bond motifs is 4. The third-order valence-electron chi connectivity index (χ3n) is 6.29. The number of nitrogens with two attached hydrogens (primary N) is 1. The fourth-order valence-electron chi connectivity index (χ4n) is 4.41. The van der Waals surface area contributed by atoms with E-state index in [1.807, 2.05) is 66.7 Å². The number of amides is 1. The number of para-hydroxylation sites is 1. The molecule has 2 aliphatic rings. The Morgan fingerprint density at radius 2 is 1.89 bits per heavy atom. The number of rotatable bonds is 6. The van der Waals surface area contributed by atoms with Crippen molar-refractivity contribution in [3.8, 4) is 5.75 Å². The predicted octanol–water partition coefficient (Wildman–Crippen LogP) is 4.88. The molecule has 182 valence electrons. The minimum absolute atomic E-state index is 0.0844. The van der Waals surface area contributed by atoms with Crippen LogP contribution < -0.4 is 10.5 Å². The summed E-state index contributed by atoms with van der Waals surface area (Å²) in [5.74, 6) is 0.469. The molecule has 2 aliphatic heterocycles. The molecular formula is C27H22N2O5S2. The predicted molar refractivity (Wildman–Crippen MR) is 140 cm³/mol. The lowest BCUT2D eigenvalue weighted by Gasteiger charge is -2.48. The molecule has 0 bridgehead atoms. The van der Waals surface area contributed by atoms with Gasteiger partial charge in [-0.05, 0) is 42.0 Å². The monoisotopic (exact) mass is 518 g/mol. The first-order chi connectivity index (χ1) is 17.5. The van der Waals surface area contributed by atoms with E-state index < -0.39 is 12.0 Å². The zero-order valence-corrected chi connectivity index (χ0v) is 20.9. The Labute approximate surface area is 215 Å². The largest absolute Gasteiger partial charge is 0.497 e. The van der Waals surface area contributed by atoms with Crippen LogP contribution in [0.1, 0.15) is 5.56 Å². The first kappa shape index (κ1) is 23.0. The van der Waals surface area contributed by atoms with Crippen LogP contribution in [-0.4, -0.2) is 41.1 Å². The SMILES string of the molecule is COc1ccc(COC(=O)C2=C(Sc3ccc4c(c3)oc3ccccc34)CS[C@H]3[C@H](N)C(=O)N23)cc1. The van der Waals surface area contributed by atoms with E-state index in [9.17, 15) is 9.59 Å². The Hall–Kier alpha value is -3.40. The van der Waals surface area contributed by atoms with Crippen LogP contribution in [0.2, 0.25) is 0 Å². The lowest BCUT2D eigenvalue weighted by Crippen LogP contribution is -2.68. The van der Waals surface area contributed by atoms with E-state index >= 15 is 0 Å². The molecule has 1 amide bonds. The van der Waals surface area contributed by atoms with Crippen molar-refractivity contribution < 1.29 is 23.5 Å². The number of methoxy groups -OCH3 is 1. The standard InChI is InChI=1S/C27H22N2O5S2/c1-32-16-8-6-15(7-9-16)13-33-27(31)24-22(14-35-26-23(28)25(30)29(24)26)36-17-10-11-19-18-4-2-3-5-20(18)34-21(19)12-17/h2-12,23,26H,13-14,28H2,1H3/t23-,26+/m1/s1. The summed E-state index contributed by atoms with van der Waals surface area (Å²) < 4.78 is 16.8. The summed E-state index contributed by atoms with van der Waals surface area (Å²) >= 11 is 3.00. The van der Waals surface area contributed by atoms with E-state index in [1.165, 1.54) is 16.7 Å². The van der Waals surface area contributed by atoms with Crippen LogP contribution in [0.4, 0.5) is 0 Å². The van der Waals surface area contributed by atoms with E-state index in [0.29, 0.717) is 5.75 Å². The van der Waals surface area contributed by atoms with Crippen molar-refractivity contribution in [3.05, 3.63) is 82.9 Å². The van der Waals surface area contributed by atoms with Gasteiger partial charge in [0.15, 0.2) is 0 Å². The van der Waals surface area contributed by atoms with Crippen LogP contribution in [-0.2, 0) is 20.9 Å². The second-order valence-electron chi connectivity index (χ2n) is 8.49. The molecule has 3 aromatic carbocycles. The molecule has 1 saturated heterocycles. The summed E-state index contributed by atoms with van der Waals surface area (Å²) in [4.78, 5) is 29.1. The minimum Gasteiger partial charge on any atom is -0.497 e. The van der Waals surface area contributed by atoms with Crippen molar-refractivity contribution in [1.82, 2.24) is 4.90 Å². The molecule has 4 aromatic rings. The van der Waals surface area contributed by atoms with Crippen molar-refractivity contribution in [2.75, 3.05) is 12.9 Å². The Morgan fingerprint density at radius 3 is 2.69 bits per heavy atom. The number of β-lactam (4-membered cyclic amide) rings is 1. The Balaban J connectivity index is 1.30. The van der Waals surface area contributed by atoms with Gasteiger partial charge in [0.05, 0.1) is 7.11 Å². The molecule has 0 saturated carbocycles. The van der Waals surface area contributed by atoms with E-state index in [4.69, 9.17) is 19.6 Å². The van der Waals surface area contributed by atoms with E-state index in [-0.39, 0.29) is 23.6 Å². The molecule has 0 radical (unpaired) electrons. The normalized spacial score (nSPS) is 19.4. The second kappa shape index (κ2) is 9.24. The number of furan rings is 1.